The van der Waals surface area contributed by atoms with Gasteiger partial charge in [-0.15, -0.1) is 17.5 Å². The summed E-state index contributed by atoms with van der Waals surface area (Å²) in [7, 11) is 1.86. The zero-order valence-electron chi connectivity index (χ0n) is 16.7. The summed E-state index contributed by atoms with van der Waals surface area (Å²) in [5.41, 5.74) is 2.72. The van der Waals surface area contributed by atoms with Crippen LogP contribution >= 0.6 is 35.8 Å². The third-order valence-electron chi connectivity index (χ3n) is 5.20. The van der Waals surface area contributed by atoms with E-state index in [2.05, 4.69) is 15.8 Å². The minimum atomic E-state index is -1.15. The molecular weight excluding hydrogens is 447 g/mol. The van der Waals surface area contributed by atoms with Gasteiger partial charge in [-0.05, 0) is 18.9 Å². The molecule has 1 aromatic rings. The second kappa shape index (κ2) is 11.6. The molecule has 10 heteroatoms. The van der Waals surface area contributed by atoms with Gasteiger partial charge in [0.2, 0.25) is 11.7 Å². The number of rotatable bonds is 6. The fraction of sp³-hybridized carbons (Fsp3) is 0.500. The number of ketones is 1. The molecule has 7 nitrogen and oxygen atoms in total. The molecule has 1 aromatic carbocycles. The molecule has 1 saturated heterocycles. The quantitative estimate of drug-likeness (QED) is 0.490. The van der Waals surface area contributed by atoms with Gasteiger partial charge in [0.25, 0.3) is 0 Å². The number of amidine groups is 1. The number of hydrogen-bond donors (Lipinski definition) is 2. The Balaban J connectivity index is 0.00000320. The molecule has 1 atom stereocenters. The van der Waals surface area contributed by atoms with E-state index in [0.717, 1.165) is 44.4 Å². The third kappa shape index (κ3) is 6.12. The molecule has 2 N–H and O–H groups in total. The molecule has 0 radical (unpaired) electrons. The van der Waals surface area contributed by atoms with E-state index in [-0.39, 0.29) is 24.2 Å². The van der Waals surface area contributed by atoms with Crippen molar-refractivity contribution in [3.63, 3.8) is 0 Å². The maximum Gasteiger partial charge on any atom is 0.310 e. The monoisotopic (exact) mass is 472 g/mol. The first-order valence-corrected chi connectivity index (χ1v) is 11.1. The Kier molecular flexibility index (Phi) is 9.45. The van der Waals surface area contributed by atoms with E-state index in [1.54, 1.807) is 24.3 Å². The lowest BCUT2D eigenvalue weighted by atomic mass is 9.88. The van der Waals surface area contributed by atoms with Crippen molar-refractivity contribution >= 4 is 58.5 Å². The fourth-order valence-corrected chi connectivity index (χ4v) is 4.72. The van der Waals surface area contributed by atoms with Gasteiger partial charge >= 0.3 is 5.91 Å². The SMILES string of the molecule is CN1CCSC1=NNC(=O)C(=O)C(NC(=O)C1CCCCC1)c1ccccc1Cl.Cl. The van der Waals surface area contributed by atoms with E-state index < -0.39 is 17.7 Å². The Morgan fingerprint density at radius 1 is 1.20 bits per heavy atom. The van der Waals surface area contributed by atoms with E-state index in [0.29, 0.717) is 15.8 Å². The minimum absolute atomic E-state index is 0. The van der Waals surface area contributed by atoms with Crippen LogP contribution in [0.15, 0.2) is 29.4 Å². The molecule has 1 aliphatic carbocycles. The van der Waals surface area contributed by atoms with E-state index in [9.17, 15) is 14.4 Å². The second-order valence-corrected chi connectivity index (χ2v) is 8.74. The van der Waals surface area contributed by atoms with Crippen molar-refractivity contribution in [2.75, 3.05) is 19.3 Å². The molecule has 164 valence electrons. The number of hydrazone groups is 1. The molecule has 1 heterocycles. The van der Waals surface area contributed by atoms with Crippen LogP contribution < -0.4 is 10.7 Å². The predicted molar refractivity (Wildman–Crippen MR) is 122 cm³/mol. The average molecular weight is 473 g/mol. The van der Waals surface area contributed by atoms with Crippen LogP contribution in [0.3, 0.4) is 0 Å². The van der Waals surface area contributed by atoms with Gasteiger partial charge in [0.1, 0.15) is 6.04 Å². The molecule has 2 amide bonds. The van der Waals surface area contributed by atoms with Crippen molar-refractivity contribution in [1.82, 2.24) is 15.6 Å². The van der Waals surface area contributed by atoms with E-state index in [1.807, 2.05) is 11.9 Å². The van der Waals surface area contributed by atoms with Crippen molar-refractivity contribution in [1.29, 1.82) is 0 Å². The van der Waals surface area contributed by atoms with Crippen molar-refractivity contribution in [2.24, 2.45) is 11.0 Å². The first-order chi connectivity index (χ1) is 14.0. The van der Waals surface area contributed by atoms with Gasteiger partial charge in [0, 0.05) is 35.8 Å². The zero-order chi connectivity index (χ0) is 20.8. The third-order valence-corrected chi connectivity index (χ3v) is 6.59. The molecule has 3 rings (SSSR count). The van der Waals surface area contributed by atoms with Crippen molar-refractivity contribution in [2.45, 2.75) is 38.1 Å². The highest BCUT2D eigenvalue weighted by atomic mass is 35.5. The molecule has 1 saturated carbocycles. The second-order valence-electron chi connectivity index (χ2n) is 7.27. The summed E-state index contributed by atoms with van der Waals surface area (Å²) >= 11 is 7.76. The van der Waals surface area contributed by atoms with Crippen LogP contribution in [-0.4, -0.2) is 47.0 Å². The number of hydrogen-bond acceptors (Lipinski definition) is 5. The number of halogens is 2. The lowest BCUT2D eigenvalue weighted by Crippen LogP contribution is -2.43. The van der Waals surface area contributed by atoms with Crippen LogP contribution in [0.5, 0.6) is 0 Å². The van der Waals surface area contributed by atoms with Crippen molar-refractivity contribution < 1.29 is 14.4 Å². The largest absolute Gasteiger partial charge is 0.352 e. The first-order valence-electron chi connectivity index (χ1n) is 9.78. The number of thioether (sulfide) groups is 1. The molecule has 0 aromatic heterocycles. The van der Waals surface area contributed by atoms with E-state index in [1.165, 1.54) is 11.8 Å². The summed E-state index contributed by atoms with van der Waals surface area (Å²) in [6.45, 7) is 0.826. The Labute approximate surface area is 191 Å². The number of Topliss-reactive ketones (excluding diaryl/α,β-unsaturated/α-hetero) is 1. The van der Waals surface area contributed by atoms with Gasteiger partial charge in [-0.2, -0.15) is 0 Å². The highest BCUT2D eigenvalue weighted by molar-refractivity contribution is 8.14. The maximum atomic E-state index is 12.9. The molecule has 0 spiro atoms. The molecular formula is C20H26Cl2N4O3S. The van der Waals surface area contributed by atoms with Crippen LogP contribution in [-0.2, 0) is 14.4 Å². The van der Waals surface area contributed by atoms with Crippen LogP contribution in [0.1, 0.15) is 43.7 Å². The van der Waals surface area contributed by atoms with E-state index in [4.69, 9.17) is 11.6 Å². The van der Waals surface area contributed by atoms with Gasteiger partial charge in [0.15, 0.2) is 5.17 Å². The zero-order valence-corrected chi connectivity index (χ0v) is 19.1. The van der Waals surface area contributed by atoms with Crippen LogP contribution in [0.2, 0.25) is 5.02 Å². The molecule has 0 bridgehead atoms. The highest BCUT2D eigenvalue weighted by Gasteiger charge is 2.32. The molecule has 1 aliphatic heterocycles. The van der Waals surface area contributed by atoms with Crippen molar-refractivity contribution in [3.8, 4) is 0 Å². The summed E-state index contributed by atoms with van der Waals surface area (Å²) in [6, 6.07) is 5.58. The molecule has 2 aliphatic rings. The molecule has 1 unspecified atom stereocenters. The van der Waals surface area contributed by atoms with Crippen LogP contribution in [0.25, 0.3) is 0 Å². The topological polar surface area (TPSA) is 90.9 Å². The van der Waals surface area contributed by atoms with Gasteiger partial charge in [-0.1, -0.05) is 60.8 Å². The number of nitrogens with one attached hydrogen (secondary N) is 2. The summed E-state index contributed by atoms with van der Waals surface area (Å²) in [4.78, 5) is 40.1. The molecule has 2 fully saturated rings. The standard InChI is InChI=1S/C20H25ClN4O3S.ClH/c1-25-11-12-29-20(25)24-23-19(28)17(26)16(14-9-5-6-10-15(14)21)22-18(27)13-7-3-2-4-8-13;/h5-6,9-10,13,16H,2-4,7-8,11-12H2,1H3,(H,22,27)(H,23,28);1H. The Morgan fingerprint density at radius 2 is 1.90 bits per heavy atom. The number of nitrogens with zero attached hydrogens (tertiary/aromatic N) is 2. The summed E-state index contributed by atoms with van der Waals surface area (Å²) in [5, 5.41) is 7.76. The summed E-state index contributed by atoms with van der Waals surface area (Å²) in [5.74, 6) is -1.16. The fourth-order valence-electron chi connectivity index (χ4n) is 3.50. The lowest BCUT2D eigenvalue weighted by Gasteiger charge is -2.24. The highest BCUT2D eigenvalue weighted by Crippen LogP contribution is 2.27. The van der Waals surface area contributed by atoms with Crippen LogP contribution in [0.4, 0.5) is 0 Å². The average Bonchev–Trinajstić information content (AvgIpc) is 3.15. The normalized spacial score (nSPS) is 19.1. The summed E-state index contributed by atoms with van der Waals surface area (Å²) in [6.07, 6.45) is 4.68. The number of carbonyl (C=O) groups excluding carboxylic acids is 3. The van der Waals surface area contributed by atoms with Crippen molar-refractivity contribution in [3.05, 3.63) is 34.9 Å². The minimum Gasteiger partial charge on any atom is -0.352 e. The molecule has 30 heavy (non-hydrogen) atoms. The van der Waals surface area contributed by atoms with Crippen LogP contribution in [0, 0.1) is 5.92 Å². The Bertz CT molecular complexity index is 815. The van der Waals surface area contributed by atoms with Gasteiger partial charge < -0.3 is 10.2 Å². The smallest absolute Gasteiger partial charge is 0.310 e. The van der Waals surface area contributed by atoms with Gasteiger partial charge in [-0.25, -0.2) is 5.43 Å². The number of amides is 2. The van der Waals surface area contributed by atoms with Gasteiger partial charge in [-0.3, -0.25) is 14.4 Å². The lowest BCUT2D eigenvalue weighted by molar-refractivity contribution is -0.140. The predicted octanol–water partition coefficient (Wildman–Crippen LogP) is 3.13. The summed E-state index contributed by atoms with van der Waals surface area (Å²) < 4.78 is 0. The number of benzene rings is 1. The Morgan fingerprint density at radius 3 is 2.53 bits per heavy atom. The maximum absolute atomic E-state index is 12.9. The van der Waals surface area contributed by atoms with Gasteiger partial charge in [0.05, 0.1) is 0 Å². The number of carbonyl (C=O) groups is 3. The Hall–Kier alpha value is -1.77. The van der Waals surface area contributed by atoms with E-state index >= 15 is 0 Å². The first kappa shape index (κ1) is 24.5.